The molecule has 1 fully saturated rings. The second-order valence-electron chi connectivity index (χ2n) is 7.07. The van der Waals surface area contributed by atoms with E-state index in [1.807, 2.05) is 18.2 Å². The van der Waals surface area contributed by atoms with Gasteiger partial charge in [0.1, 0.15) is 5.82 Å². The largest absolute Gasteiger partial charge is 0.380 e. The van der Waals surface area contributed by atoms with Crippen molar-refractivity contribution in [3.05, 3.63) is 30.6 Å². The Bertz CT molecular complexity index is 1110. The van der Waals surface area contributed by atoms with E-state index in [4.69, 9.17) is 16.5 Å². The molecular formula is C18H21N9. The van der Waals surface area contributed by atoms with Gasteiger partial charge in [0.15, 0.2) is 17.0 Å². The van der Waals surface area contributed by atoms with E-state index in [0.29, 0.717) is 22.8 Å². The number of aromatic nitrogens is 6. The smallest absolute Gasteiger partial charge is 0.185 e. The predicted molar refractivity (Wildman–Crippen MR) is 105 cm³/mol. The van der Waals surface area contributed by atoms with Crippen LogP contribution in [0.4, 0.5) is 11.6 Å². The number of nitrogen functional groups attached to an aromatic ring is 1. The number of benzene rings is 1. The van der Waals surface area contributed by atoms with Gasteiger partial charge in [0.05, 0.1) is 23.6 Å². The van der Waals surface area contributed by atoms with Gasteiger partial charge in [-0.05, 0) is 31.0 Å². The highest BCUT2D eigenvalue weighted by molar-refractivity contribution is 5.86. The lowest BCUT2D eigenvalue weighted by molar-refractivity contribution is 0.403. The van der Waals surface area contributed by atoms with Crippen LogP contribution in [0.25, 0.3) is 27.8 Å². The van der Waals surface area contributed by atoms with Crippen LogP contribution in [0, 0.1) is 0 Å². The van der Waals surface area contributed by atoms with E-state index >= 15 is 0 Å². The minimum atomic E-state index is 0.134. The Kier molecular flexibility index (Phi) is 3.68. The van der Waals surface area contributed by atoms with Gasteiger partial charge in [-0.2, -0.15) is 5.10 Å². The third-order valence-electron chi connectivity index (χ3n) is 5.23. The van der Waals surface area contributed by atoms with Crippen molar-refractivity contribution in [1.29, 1.82) is 0 Å². The van der Waals surface area contributed by atoms with Crippen molar-refractivity contribution in [3.63, 3.8) is 0 Å². The number of anilines is 2. The number of nitrogens with zero attached hydrogens (tertiary/aromatic N) is 5. The van der Waals surface area contributed by atoms with E-state index in [-0.39, 0.29) is 12.1 Å². The summed E-state index contributed by atoms with van der Waals surface area (Å²) < 4.78 is 1.72. The number of hydrogen-bond acceptors (Lipinski definition) is 7. The molecule has 138 valence electrons. The Balaban J connectivity index is 1.56. The summed E-state index contributed by atoms with van der Waals surface area (Å²) in [5.74, 6) is 1.04. The summed E-state index contributed by atoms with van der Waals surface area (Å²) in [5.41, 5.74) is 15.3. The summed E-state index contributed by atoms with van der Waals surface area (Å²) in [6.45, 7) is 0. The SMILES string of the molecule is Nc1nn(-c2ccc3[nH]ncc3c2)c2nc(NC3CCCC[C@H]3N)cnc12. The van der Waals surface area contributed by atoms with Crippen molar-refractivity contribution in [1.82, 2.24) is 29.9 Å². The molecule has 1 aromatic carbocycles. The Morgan fingerprint density at radius 1 is 1.19 bits per heavy atom. The van der Waals surface area contributed by atoms with E-state index in [2.05, 4.69) is 25.6 Å². The summed E-state index contributed by atoms with van der Waals surface area (Å²) in [6, 6.07) is 6.24. The summed E-state index contributed by atoms with van der Waals surface area (Å²) in [5, 5.41) is 15.9. The van der Waals surface area contributed by atoms with Gasteiger partial charge in [0.2, 0.25) is 0 Å². The molecule has 0 radical (unpaired) electrons. The lowest BCUT2D eigenvalue weighted by Crippen LogP contribution is -2.42. The van der Waals surface area contributed by atoms with Crippen LogP contribution in [0.5, 0.6) is 0 Å². The van der Waals surface area contributed by atoms with Crippen molar-refractivity contribution in [2.75, 3.05) is 11.1 Å². The van der Waals surface area contributed by atoms with Crippen LogP contribution >= 0.6 is 0 Å². The van der Waals surface area contributed by atoms with E-state index < -0.39 is 0 Å². The van der Waals surface area contributed by atoms with Crippen molar-refractivity contribution in [2.24, 2.45) is 5.73 Å². The van der Waals surface area contributed by atoms with Gasteiger partial charge in [-0.3, -0.25) is 5.10 Å². The first-order chi connectivity index (χ1) is 13.2. The topological polar surface area (TPSA) is 136 Å². The number of nitrogens with two attached hydrogens (primary N) is 2. The van der Waals surface area contributed by atoms with E-state index in [1.165, 1.54) is 12.8 Å². The molecule has 4 aromatic rings. The van der Waals surface area contributed by atoms with Crippen LogP contribution in [0.2, 0.25) is 0 Å². The van der Waals surface area contributed by atoms with E-state index in [0.717, 1.165) is 29.4 Å². The average Bonchev–Trinajstić information content (AvgIpc) is 3.27. The molecule has 1 aliphatic carbocycles. The quantitative estimate of drug-likeness (QED) is 0.437. The number of fused-ring (bicyclic) bond motifs is 2. The Morgan fingerprint density at radius 3 is 2.96 bits per heavy atom. The number of rotatable bonds is 3. The summed E-state index contributed by atoms with van der Waals surface area (Å²) in [4.78, 5) is 9.21. The van der Waals surface area contributed by atoms with Crippen LogP contribution < -0.4 is 16.8 Å². The molecule has 3 aromatic heterocycles. The molecule has 2 atom stereocenters. The Morgan fingerprint density at radius 2 is 2.07 bits per heavy atom. The third kappa shape index (κ3) is 2.76. The molecule has 0 spiro atoms. The maximum Gasteiger partial charge on any atom is 0.185 e. The zero-order valence-corrected chi connectivity index (χ0v) is 14.8. The minimum Gasteiger partial charge on any atom is -0.380 e. The highest BCUT2D eigenvalue weighted by atomic mass is 15.3. The number of aromatic amines is 1. The fourth-order valence-electron chi connectivity index (χ4n) is 3.75. The molecule has 0 aliphatic heterocycles. The molecule has 0 saturated heterocycles. The van der Waals surface area contributed by atoms with Gasteiger partial charge in [0.25, 0.3) is 0 Å². The molecule has 1 saturated carbocycles. The highest BCUT2D eigenvalue weighted by Gasteiger charge is 2.22. The maximum absolute atomic E-state index is 6.25. The third-order valence-corrected chi connectivity index (χ3v) is 5.23. The first kappa shape index (κ1) is 16.0. The van der Waals surface area contributed by atoms with Crippen molar-refractivity contribution >= 4 is 33.7 Å². The second kappa shape index (κ2) is 6.20. The zero-order valence-electron chi connectivity index (χ0n) is 14.8. The number of nitrogens with one attached hydrogen (secondary N) is 2. The monoisotopic (exact) mass is 363 g/mol. The van der Waals surface area contributed by atoms with Crippen molar-refractivity contribution < 1.29 is 0 Å². The van der Waals surface area contributed by atoms with Crippen molar-refractivity contribution in [2.45, 2.75) is 37.8 Å². The molecule has 27 heavy (non-hydrogen) atoms. The van der Waals surface area contributed by atoms with Gasteiger partial charge in [-0.15, -0.1) is 5.10 Å². The first-order valence-corrected chi connectivity index (χ1v) is 9.16. The van der Waals surface area contributed by atoms with Crippen LogP contribution in [0.15, 0.2) is 30.6 Å². The van der Waals surface area contributed by atoms with Gasteiger partial charge >= 0.3 is 0 Å². The average molecular weight is 363 g/mol. The first-order valence-electron chi connectivity index (χ1n) is 9.16. The van der Waals surface area contributed by atoms with Crippen LogP contribution in [0.1, 0.15) is 25.7 Å². The van der Waals surface area contributed by atoms with E-state index in [1.54, 1.807) is 17.1 Å². The Labute approximate surface area is 155 Å². The van der Waals surface area contributed by atoms with Gasteiger partial charge in [-0.1, -0.05) is 12.8 Å². The van der Waals surface area contributed by atoms with Crippen LogP contribution in [-0.2, 0) is 0 Å². The van der Waals surface area contributed by atoms with Gasteiger partial charge in [-0.25, -0.2) is 14.6 Å². The molecule has 1 unspecified atom stereocenters. The molecule has 1 aliphatic rings. The minimum absolute atomic E-state index is 0.134. The number of H-pyrrole nitrogens is 1. The zero-order chi connectivity index (χ0) is 18.4. The molecule has 0 bridgehead atoms. The summed E-state index contributed by atoms with van der Waals surface area (Å²) in [7, 11) is 0. The summed E-state index contributed by atoms with van der Waals surface area (Å²) in [6.07, 6.45) is 7.91. The fraction of sp³-hybridized carbons (Fsp3) is 0.333. The van der Waals surface area contributed by atoms with Gasteiger partial charge < -0.3 is 16.8 Å². The predicted octanol–water partition coefficient (Wildman–Crippen LogP) is 1.96. The lowest BCUT2D eigenvalue weighted by Gasteiger charge is -2.29. The maximum atomic E-state index is 6.25. The van der Waals surface area contributed by atoms with E-state index in [9.17, 15) is 0 Å². The Hall–Kier alpha value is -3.20. The second-order valence-corrected chi connectivity index (χ2v) is 7.07. The number of hydrogen-bond donors (Lipinski definition) is 4. The van der Waals surface area contributed by atoms with Crippen molar-refractivity contribution in [3.8, 4) is 5.69 Å². The molecular weight excluding hydrogens is 342 g/mol. The standard InChI is InChI=1S/C18H21N9/c19-12-3-1-2-4-14(12)23-15-9-21-16-17(20)26-27(18(16)24-15)11-5-6-13-10(7-11)8-22-25-13/h5-9,12,14H,1-4,19H2,(H2,20,26)(H,22,25)(H,23,24)/t12-,14?/m1/s1. The van der Waals surface area contributed by atoms with Crippen LogP contribution in [0.3, 0.4) is 0 Å². The molecule has 5 rings (SSSR count). The lowest BCUT2D eigenvalue weighted by atomic mass is 9.91. The summed E-state index contributed by atoms with van der Waals surface area (Å²) >= 11 is 0. The molecule has 0 amide bonds. The fourth-order valence-corrected chi connectivity index (χ4v) is 3.75. The van der Waals surface area contributed by atoms with Crippen LogP contribution in [-0.4, -0.2) is 42.0 Å². The molecule has 9 nitrogen and oxygen atoms in total. The van der Waals surface area contributed by atoms with Gasteiger partial charge in [0, 0.05) is 17.5 Å². The molecule has 9 heteroatoms. The normalized spacial score (nSPS) is 20.3. The molecule has 6 N–H and O–H groups in total. The molecule has 3 heterocycles. The highest BCUT2D eigenvalue weighted by Crippen LogP contribution is 2.25.